The summed E-state index contributed by atoms with van der Waals surface area (Å²) in [6.07, 6.45) is -0.120. The number of esters is 1. The number of rotatable bonds is 6. The average Bonchev–Trinajstić information content (AvgIpc) is 3.27. The van der Waals surface area contributed by atoms with Gasteiger partial charge in [-0.25, -0.2) is 18.4 Å². The van der Waals surface area contributed by atoms with Crippen LogP contribution in [0.2, 0.25) is 0 Å². The predicted molar refractivity (Wildman–Crippen MR) is 115 cm³/mol. The van der Waals surface area contributed by atoms with Crippen LogP contribution in [0.15, 0.2) is 36.4 Å². The van der Waals surface area contributed by atoms with Gasteiger partial charge in [0.2, 0.25) is 5.82 Å². The molecule has 0 unspecified atom stereocenters. The molecule has 0 saturated carbocycles. The van der Waals surface area contributed by atoms with Gasteiger partial charge in [-0.3, -0.25) is 9.69 Å². The zero-order valence-electron chi connectivity index (χ0n) is 18.8. The second-order valence-corrected chi connectivity index (χ2v) is 8.18. The second-order valence-electron chi connectivity index (χ2n) is 8.18. The number of hydrogen-bond acceptors (Lipinski definition) is 6. The number of hydrogen-bond donors (Lipinski definition) is 0. The number of nitrogens with zero attached hydrogens (tertiary/aromatic N) is 2. The van der Waals surface area contributed by atoms with Gasteiger partial charge in [0.15, 0.2) is 23.4 Å². The van der Waals surface area contributed by atoms with Crippen LogP contribution in [0.3, 0.4) is 0 Å². The van der Waals surface area contributed by atoms with Crippen molar-refractivity contribution in [3.8, 4) is 5.75 Å². The number of halogens is 3. The van der Waals surface area contributed by atoms with Gasteiger partial charge < -0.3 is 19.1 Å². The fraction of sp³-hybridized carbons (Fsp3) is 0.375. The Hall–Kier alpha value is -3.76. The first-order chi connectivity index (χ1) is 16.8. The van der Waals surface area contributed by atoms with Gasteiger partial charge in [0.1, 0.15) is 13.2 Å². The van der Waals surface area contributed by atoms with Crippen molar-refractivity contribution in [2.24, 2.45) is 0 Å². The van der Waals surface area contributed by atoms with Crippen molar-refractivity contribution in [2.75, 3.05) is 26.8 Å². The number of methoxy groups -OCH3 is 1. The van der Waals surface area contributed by atoms with Crippen molar-refractivity contribution in [1.29, 1.82) is 0 Å². The molecule has 2 aromatic carbocycles. The van der Waals surface area contributed by atoms with E-state index in [4.69, 9.17) is 9.47 Å². The van der Waals surface area contributed by atoms with Crippen LogP contribution in [-0.4, -0.2) is 66.7 Å². The van der Waals surface area contributed by atoms with E-state index in [0.717, 1.165) is 12.7 Å². The smallest absolute Gasteiger partial charge is 0.410 e. The minimum atomic E-state index is -1.52. The van der Waals surface area contributed by atoms with Crippen LogP contribution in [0.25, 0.3) is 0 Å². The number of carbonyl (C=O) groups is 3. The summed E-state index contributed by atoms with van der Waals surface area (Å²) in [7, 11) is 0.969. The molecule has 2 amide bonds. The molecule has 11 heteroatoms. The van der Waals surface area contributed by atoms with Crippen molar-refractivity contribution < 1.29 is 41.8 Å². The second kappa shape index (κ2) is 10.2. The molecule has 0 aromatic heterocycles. The number of carbonyl (C=O) groups excluding carboxylic acids is 3. The Morgan fingerprint density at radius 2 is 1.77 bits per heavy atom. The van der Waals surface area contributed by atoms with Crippen LogP contribution >= 0.6 is 0 Å². The van der Waals surface area contributed by atoms with E-state index in [1.165, 1.54) is 9.80 Å². The van der Waals surface area contributed by atoms with Gasteiger partial charge in [-0.2, -0.15) is 4.39 Å². The van der Waals surface area contributed by atoms with Crippen LogP contribution in [-0.2, 0) is 20.9 Å². The van der Waals surface area contributed by atoms with Gasteiger partial charge in [0, 0.05) is 19.1 Å². The molecule has 4 rings (SSSR count). The maximum atomic E-state index is 14.5. The van der Waals surface area contributed by atoms with Gasteiger partial charge in [-0.1, -0.05) is 30.3 Å². The van der Waals surface area contributed by atoms with E-state index >= 15 is 0 Å². The largest absolute Gasteiger partial charge is 0.491 e. The lowest BCUT2D eigenvalue weighted by Gasteiger charge is -2.37. The Morgan fingerprint density at radius 3 is 2.43 bits per heavy atom. The number of amides is 2. The summed E-state index contributed by atoms with van der Waals surface area (Å²) in [4.78, 5) is 40.4. The molecule has 2 fully saturated rings. The van der Waals surface area contributed by atoms with E-state index in [1.54, 1.807) is 12.1 Å². The van der Waals surface area contributed by atoms with Crippen LogP contribution in [0, 0.1) is 17.5 Å². The number of likely N-dealkylation sites (tertiary alicyclic amines) is 1. The molecular weight excluding hydrogens is 469 g/mol. The monoisotopic (exact) mass is 492 g/mol. The van der Waals surface area contributed by atoms with Crippen molar-refractivity contribution in [3.05, 3.63) is 65.0 Å². The third kappa shape index (κ3) is 4.89. The lowest BCUT2D eigenvalue weighted by Crippen LogP contribution is -2.52. The predicted octanol–water partition coefficient (Wildman–Crippen LogP) is 3.28. The summed E-state index contributed by atoms with van der Waals surface area (Å²) in [6.45, 7) is 0.0967. The summed E-state index contributed by atoms with van der Waals surface area (Å²) >= 11 is 0. The molecule has 0 aliphatic carbocycles. The van der Waals surface area contributed by atoms with Crippen LogP contribution in [0.5, 0.6) is 5.75 Å². The summed E-state index contributed by atoms with van der Waals surface area (Å²) < 4.78 is 57.1. The van der Waals surface area contributed by atoms with E-state index in [0.29, 0.717) is 6.07 Å². The highest BCUT2D eigenvalue weighted by Crippen LogP contribution is 2.30. The SMILES string of the molecule is COc1c(F)c(F)cc(C(=O)N2CCC(N3C(=O)OC[C@H]3C(=O)OCc3ccccc3)CC2)c1F. The zero-order chi connectivity index (χ0) is 25.1. The molecule has 0 radical (unpaired) electrons. The van der Waals surface area contributed by atoms with Crippen LogP contribution < -0.4 is 4.74 Å². The highest BCUT2D eigenvalue weighted by atomic mass is 19.2. The summed E-state index contributed by atoms with van der Waals surface area (Å²) in [5.74, 6) is -6.62. The van der Waals surface area contributed by atoms with Crippen LogP contribution in [0.4, 0.5) is 18.0 Å². The summed E-state index contributed by atoms with van der Waals surface area (Å²) in [6, 6.07) is 8.23. The minimum absolute atomic E-state index is 0.0500. The summed E-state index contributed by atoms with van der Waals surface area (Å²) in [5.41, 5.74) is 0.146. The molecule has 1 atom stereocenters. The first-order valence-corrected chi connectivity index (χ1v) is 11.0. The average molecular weight is 492 g/mol. The number of benzene rings is 2. The number of ether oxygens (including phenoxy) is 3. The van der Waals surface area contributed by atoms with Crippen molar-refractivity contribution in [2.45, 2.75) is 31.5 Å². The Labute approximate surface area is 199 Å². The van der Waals surface area contributed by atoms with E-state index in [1.807, 2.05) is 18.2 Å². The Kier molecular flexibility index (Phi) is 7.13. The maximum Gasteiger partial charge on any atom is 0.410 e. The highest BCUT2D eigenvalue weighted by molar-refractivity contribution is 5.95. The van der Waals surface area contributed by atoms with E-state index in [2.05, 4.69) is 4.74 Å². The molecule has 8 nitrogen and oxygen atoms in total. The van der Waals surface area contributed by atoms with Gasteiger partial charge in [0.25, 0.3) is 5.91 Å². The lowest BCUT2D eigenvalue weighted by molar-refractivity contribution is -0.150. The Morgan fingerprint density at radius 1 is 1.09 bits per heavy atom. The summed E-state index contributed by atoms with van der Waals surface area (Å²) in [5, 5.41) is 0. The van der Waals surface area contributed by atoms with Crippen LogP contribution in [0.1, 0.15) is 28.8 Å². The molecule has 0 N–H and O–H groups in total. The van der Waals surface area contributed by atoms with E-state index in [9.17, 15) is 27.6 Å². The third-order valence-electron chi connectivity index (χ3n) is 6.10. The fourth-order valence-corrected chi connectivity index (χ4v) is 4.28. The first kappa shape index (κ1) is 24.4. The highest BCUT2D eigenvalue weighted by Gasteiger charge is 2.44. The molecule has 2 saturated heterocycles. The number of cyclic esters (lactones) is 1. The zero-order valence-corrected chi connectivity index (χ0v) is 18.8. The van der Waals surface area contributed by atoms with E-state index < -0.39 is 58.8 Å². The van der Waals surface area contributed by atoms with Gasteiger partial charge >= 0.3 is 12.1 Å². The Balaban J connectivity index is 1.40. The fourth-order valence-electron chi connectivity index (χ4n) is 4.28. The molecule has 35 heavy (non-hydrogen) atoms. The third-order valence-corrected chi connectivity index (χ3v) is 6.10. The lowest BCUT2D eigenvalue weighted by atomic mass is 10.0. The minimum Gasteiger partial charge on any atom is -0.491 e. The quantitative estimate of drug-likeness (QED) is 0.455. The maximum absolute atomic E-state index is 14.5. The topological polar surface area (TPSA) is 85.4 Å². The molecule has 2 aliphatic rings. The normalized spacial score (nSPS) is 18.4. The van der Waals surface area contributed by atoms with E-state index in [-0.39, 0.29) is 39.1 Å². The first-order valence-electron chi connectivity index (χ1n) is 11.0. The number of piperidine rings is 1. The molecule has 2 aliphatic heterocycles. The molecule has 2 heterocycles. The van der Waals surface area contributed by atoms with Gasteiger partial charge in [-0.15, -0.1) is 0 Å². The van der Waals surface area contributed by atoms with Crippen molar-refractivity contribution in [3.63, 3.8) is 0 Å². The molecule has 186 valence electrons. The van der Waals surface area contributed by atoms with Gasteiger partial charge in [0.05, 0.1) is 12.7 Å². The standard InChI is InChI=1S/C24H23F3N2O6/c1-33-21-19(26)16(11-17(25)20(21)27)22(30)28-9-7-15(8-10-28)29-18(13-35-24(29)32)23(31)34-12-14-5-3-2-4-6-14/h2-6,11,15,18H,7-10,12-13H2,1H3/t18-/m0/s1. The van der Waals surface area contributed by atoms with Crippen molar-refractivity contribution in [1.82, 2.24) is 9.80 Å². The molecule has 0 spiro atoms. The van der Waals surface area contributed by atoms with Gasteiger partial charge in [-0.05, 0) is 24.5 Å². The van der Waals surface area contributed by atoms with Crippen molar-refractivity contribution >= 4 is 18.0 Å². The molecule has 0 bridgehead atoms. The Bertz CT molecular complexity index is 1120. The molecule has 2 aromatic rings. The molecular formula is C24H23F3N2O6.